The average molecular weight is 401 g/mol. The SMILES string of the molecule is O=C(NCc1cccnc1)c1cc2n(n1)[C@@H](C(F)(F)F)C[C@H](c1ccccc1)N2. The Morgan fingerprint density at radius 2 is 2.00 bits per heavy atom. The van der Waals surface area contributed by atoms with Crippen LogP contribution in [0.5, 0.6) is 0 Å². The number of hydrogen-bond acceptors (Lipinski definition) is 4. The molecule has 6 nitrogen and oxygen atoms in total. The maximum atomic E-state index is 13.7. The van der Waals surface area contributed by atoms with Gasteiger partial charge in [-0.05, 0) is 17.2 Å². The third kappa shape index (κ3) is 4.08. The molecule has 29 heavy (non-hydrogen) atoms. The van der Waals surface area contributed by atoms with E-state index in [2.05, 4.69) is 20.7 Å². The molecule has 1 aliphatic heterocycles. The zero-order valence-corrected chi connectivity index (χ0v) is 15.2. The lowest BCUT2D eigenvalue weighted by molar-refractivity contribution is -0.173. The van der Waals surface area contributed by atoms with E-state index >= 15 is 0 Å². The summed E-state index contributed by atoms with van der Waals surface area (Å²) in [6.07, 6.45) is -1.48. The summed E-state index contributed by atoms with van der Waals surface area (Å²) in [5, 5.41) is 9.68. The summed E-state index contributed by atoms with van der Waals surface area (Å²) in [7, 11) is 0. The van der Waals surface area contributed by atoms with Gasteiger partial charge in [0.2, 0.25) is 0 Å². The van der Waals surface area contributed by atoms with E-state index in [1.807, 2.05) is 6.07 Å². The van der Waals surface area contributed by atoms with Gasteiger partial charge in [0.25, 0.3) is 5.91 Å². The number of amides is 1. The Hall–Kier alpha value is -3.36. The lowest BCUT2D eigenvalue weighted by atomic mass is 9.97. The first-order chi connectivity index (χ1) is 13.9. The first-order valence-electron chi connectivity index (χ1n) is 9.06. The molecule has 0 bridgehead atoms. The van der Waals surface area contributed by atoms with Gasteiger partial charge in [-0.2, -0.15) is 18.3 Å². The molecular weight excluding hydrogens is 383 g/mol. The standard InChI is InChI=1S/C20H18F3N5O/c21-20(22,23)17-9-15(14-6-2-1-3-7-14)26-18-10-16(27-28(17)18)19(29)25-12-13-5-4-8-24-11-13/h1-8,10-11,15,17,26H,9,12H2,(H,25,29)/t15-,17-/m1/s1. The van der Waals surface area contributed by atoms with Gasteiger partial charge in [0.15, 0.2) is 11.7 Å². The van der Waals surface area contributed by atoms with Crippen LogP contribution in [0.25, 0.3) is 0 Å². The lowest BCUT2D eigenvalue weighted by Crippen LogP contribution is -2.35. The molecule has 150 valence electrons. The number of rotatable bonds is 4. The first kappa shape index (κ1) is 19.0. The summed E-state index contributed by atoms with van der Waals surface area (Å²) in [6.45, 7) is 0.206. The molecule has 1 amide bonds. The summed E-state index contributed by atoms with van der Waals surface area (Å²) >= 11 is 0. The molecule has 0 spiro atoms. The van der Waals surface area contributed by atoms with Crippen molar-refractivity contribution in [3.8, 4) is 0 Å². The summed E-state index contributed by atoms with van der Waals surface area (Å²) in [5.74, 6) is -0.381. The molecule has 1 aliphatic rings. The second kappa shape index (κ2) is 7.57. The second-order valence-corrected chi connectivity index (χ2v) is 6.80. The van der Waals surface area contributed by atoms with Crippen molar-refractivity contribution in [2.75, 3.05) is 5.32 Å². The molecule has 1 aromatic carbocycles. The number of aromatic nitrogens is 3. The normalized spacial score (nSPS) is 18.6. The van der Waals surface area contributed by atoms with Gasteiger partial charge in [-0.3, -0.25) is 9.78 Å². The smallest absolute Gasteiger partial charge is 0.363 e. The van der Waals surface area contributed by atoms with Crippen molar-refractivity contribution >= 4 is 11.7 Å². The quantitative estimate of drug-likeness (QED) is 0.696. The first-order valence-corrected chi connectivity index (χ1v) is 9.06. The molecule has 3 aromatic rings. The number of halogens is 3. The van der Waals surface area contributed by atoms with Crippen LogP contribution < -0.4 is 10.6 Å². The number of pyridine rings is 1. The highest BCUT2D eigenvalue weighted by atomic mass is 19.4. The molecule has 0 fully saturated rings. The van der Waals surface area contributed by atoms with Gasteiger partial charge < -0.3 is 10.6 Å². The zero-order valence-electron chi connectivity index (χ0n) is 15.2. The number of anilines is 1. The van der Waals surface area contributed by atoms with Crippen molar-refractivity contribution in [2.24, 2.45) is 0 Å². The number of hydrogen-bond donors (Lipinski definition) is 2. The van der Waals surface area contributed by atoms with Crippen molar-refractivity contribution in [3.05, 3.63) is 77.7 Å². The van der Waals surface area contributed by atoms with E-state index in [1.165, 1.54) is 6.07 Å². The van der Waals surface area contributed by atoms with Crippen molar-refractivity contribution in [1.29, 1.82) is 0 Å². The number of carbonyl (C=O) groups excluding carboxylic acids is 1. The predicted octanol–water partition coefficient (Wildman–Crippen LogP) is 3.87. The monoisotopic (exact) mass is 401 g/mol. The molecule has 2 atom stereocenters. The Kier molecular flexibility index (Phi) is 4.96. The molecule has 2 N–H and O–H groups in total. The van der Waals surface area contributed by atoms with Gasteiger partial charge in [-0.15, -0.1) is 0 Å². The average Bonchev–Trinajstić information content (AvgIpc) is 3.16. The van der Waals surface area contributed by atoms with Gasteiger partial charge >= 0.3 is 6.18 Å². The molecule has 0 unspecified atom stereocenters. The number of alkyl halides is 3. The fourth-order valence-electron chi connectivity index (χ4n) is 3.36. The third-order valence-electron chi connectivity index (χ3n) is 4.80. The largest absolute Gasteiger partial charge is 0.410 e. The van der Waals surface area contributed by atoms with Crippen LogP contribution in [0.3, 0.4) is 0 Å². The Balaban J connectivity index is 1.58. The number of carbonyl (C=O) groups is 1. The fraction of sp³-hybridized carbons (Fsp3) is 0.250. The van der Waals surface area contributed by atoms with Crippen LogP contribution in [0.15, 0.2) is 60.9 Å². The van der Waals surface area contributed by atoms with Gasteiger partial charge in [-0.1, -0.05) is 36.4 Å². The maximum absolute atomic E-state index is 13.7. The topological polar surface area (TPSA) is 71.8 Å². The predicted molar refractivity (Wildman–Crippen MR) is 100 cm³/mol. The number of fused-ring (bicyclic) bond motifs is 1. The fourth-order valence-corrected chi connectivity index (χ4v) is 3.36. The summed E-state index contributed by atoms with van der Waals surface area (Å²) in [4.78, 5) is 16.4. The summed E-state index contributed by atoms with van der Waals surface area (Å²) in [6, 6.07) is 11.5. The minimum atomic E-state index is -4.49. The van der Waals surface area contributed by atoms with E-state index in [0.717, 1.165) is 15.8 Å². The number of nitrogens with one attached hydrogen (secondary N) is 2. The van der Waals surface area contributed by atoms with E-state index < -0.39 is 24.2 Å². The van der Waals surface area contributed by atoms with Gasteiger partial charge in [0, 0.05) is 31.4 Å². The van der Waals surface area contributed by atoms with Gasteiger partial charge in [0.1, 0.15) is 5.82 Å². The Morgan fingerprint density at radius 1 is 1.21 bits per heavy atom. The van der Waals surface area contributed by atoms with Crippen molar-refractivity contribution in [2.45, 2.75) is 31.2 Å². The molecule has 2 aromatic heterocycles. The van der Waals surface area contributed by atoms with E-state index in [9.17, 15) is 18.0 Å². The van der Waals surface area contributed by atoms with Crippen LogP contribution in [0.2, 0.25) is 0 Å². The molecule has 0 aliphatic carbocycles. The van der Waals surface area contributed by atoms with E-state index in [1.54, 1.807) is 48.8 Å². The van der Waals surface area contributed by atoms with Crippen LogP contribution in [-0.4, -0.2) is 26.8 Å². The van der Waals surface area contributed by atoms with Crippen molar-refractivity contribution in [1.82, 2.24) is 20.1 Å². The lowest BCUT2D eigenvalue weighted by Gasteiger charge is -2.33. The minimum Gasteiger partial charge on any atom is -0.363 e. The second-order valence-electron chi connectivity index (χ2n) is 6.80. The summed E-state index contributed by atoms with van der Waals surface area (Å²) in [5.41, 5.74) is 1.45. The van der Waals surface area contributed by atoms with E-state index in [0.29, 0.717) is 0 Å². The van der Waals surface area contributed by atoms with Crippen LogP contribution in [0.1, 0.15) is 40.1 Å². The van der Waals surface area contributed by atoms with Crippen molar-refractivity contribution < 1.29 is 18.0 Å². The molecular formula is C20H18F3N5O. The molecule has 0 saturated carbocycles. The molecule has 9 heteroatoms. The highest BCUT2D eigenvalue weighted by Gasteiger charge is 2.46. The third-order valence-corrected chi connectivity index (χ3v) is 4.80. The van der Waals surface area contributed by atoms with Crippen LogP contribution in [0.4, 0.5) is 19.0 Å². The van der Waals surface area contributed by atoms with Crippen LogP contribution >= 0.6 is 0 Å². The van der Waals surface area contributed by atoms with E-state index in [-0.39, 0.29) is 24.5 Å². The Morgan fingerprint density at radius 3 is 2.69 bits per heavy atom. The minimum absolute atomic E-state index is 0.0700. The molecule has 3 heterocycles. The highest BCUT2D eigenvalue weighted by molar-refractivity contribution is 5.93. The Labute approximate surface area is 164 Å². The Bertz CT molecular complexity index is 988. The number of nitrogens with zero attached hydrogens (tertiary/aromatic N) is 3. The maximum Gasteiger partial charge on any atom is 0.410 e. The van der Waals surface area contributed by atoms with E-state index in [4.69, 9.17) is 0 Å². The van der Waals surface area contributed by atoms with Gasteiger partial charge in [-0.25, -0.2) is 4.68 Å². The van der Waals surface area contributed by atoms with Crippen LogP contribution in [-0.2, 0) is 6.54 Å². The summed E-state index contributed by atoms with van der Waals surface area (Å²) < 4.78 is 41.9. The van der Waals surface area contributed by atoms with Gasteiger partial charge in [0.05, 0.1) is 6.04 Å². The molecule has 4 rings (SSSR count). The molecule has 0 radical (unpaired) electrons. The molecule has 0 saturated heterocycles. The van der Waals surface area contributed by atoms with Crippen molar-refractivity contribution in [3.63, 3.8) is 0 Å². The number of benzene rings is 1. The van der Waals surface area contributed by atoms with Crippen LogP contribution in [0, 0.1) is 0 Å². The highest BCUT2D eigenvalue weighted by Crippen LogP contribution is 2.43. The zero-order chi connectivity index (χ0) is 20.4.